The molecule has 0 aliphatic carbocycles. The van der Waals surface area contributed by atoms with Gasteiger partial charge in [-0.15, -0.1) is 0 Å². The highest BCUT2D eigenvalue weighted by Crippen LogP contribution is 2.31. The summed E-state index contributed by atoms with van der Waals surface area (Å²) in [6, 6.07) is 7.13. The molecule has 112 valence electrons. The Morgan fingerprint density at radius 2 is 2.20 bits per heavy atom. The van der Waals surface area contributed by atoms with Gasteiger partial charge in [-0.25, -0.2) is 0 Å². The minimum absolute atomic E-state index is 0.411. The number of nitrogens with one attached hydrogen (secondary N) is 1. The highest BCUT2D eigenvalue weighted by atomic mass is 79.9. The Morgan fingerprint density at radius 3 is 3.00 bits per heavy atom. The maximum Gasteiger partial charge on any atom is 0.0426 e. The molecule has 4 heteroatoms. The first-order valence-electron chi connectivity index (χ1n) is 7.58. The lowest BCUT2D eigenvalue weighted by Crippen LogP contribution is -2.29. The van der Waals surface area contributed by atoms with Gasteiger partial charge in [-0.3, -0.25) is 0 Å². The van der Waals surface area contributed by atoms with E-state index in [4.69, 9.17) is 0 Å². The van der Waals surface area contributed by atoms with Gasteiger partial charge in [-0.05, 0) is 49.8 Å². The number of rotatable bonds is 5. The molecule has 1 aliphatic rings. The minimum Gasteiger partial charge on any atom is -0.370 e. The van der Waals surface area contributed by atoms with Crippen molar-refractivity contribution in [1.29, 1.82) is 0 Å². The molecule has 1 fully saturated rings. The average Bonchev–Trinajstić information content (AvgIpc) is 2.73. The van der Waals surface area contributed by atoms with E-state index in [0.717, 1.165) is 13.1 Å². The molecule has 20 heavy (non-hydrogen) atoms. The van der Waals surface area contributed by atoms with Crippen molar-refractivity contribution in [2.45, 2.75) is 32.7 Å². The molecule has 1 aliphatic heterocycles. The second kappa shape index (κ2) is 8.30. The molecule has 2 nitrogen and oxygen atoms in total. The normalized spacial score (nSPS) is 17.9. The third kappa shape index (κ3) is 4.40. The summed E-state index contributed by atoms with van der Waals surface area (Å²) in [5, 5.41) is 3.62. The Hall–Kier alpha value is -0.190. The molecule has 1 saturated heterocycles. The van der Waals surface area contributed by atoms with Gasteiger partial charge in [0, 0.05) is 35.0 Å². The van der Waals surface area contributed by atoms with Gasteiger partial charge in [0.25, 0.3) is 0 Å². The molecule has 1 unspecified atom stereocenters. The zero-order valence-corrected chi connectivity index (χ0v) is 14.9. The van der Waals surface area contributed by atoms with Crippen LogP contribution < -0.4 is 10.2 Å². The van der Waals surface area contributed by atoms with Crippen molar-refractivity contribution in [1.82, 2.24) is 5.32 Å². The quantitative estimate of drug-likeness (QED) is 0.838. The van der Waals surface area contributed by atoms with Crippen LogP contribution in [0, 0.1) is 0 Å². The van der Waals surface area contributed by atoms with Gasteiger partial charge in [-0.2, -0.15) is 11.8 Å². The third-order valence-corrected chi connectivity index (χ3v) is 5.26. The molecule has 0 bridgehead atoms. The maximum absolute atomic E-state index is 3.63. The molecule has 0 radical (unpaired) electrons. The van der Waals surface area contributed by atoms with Crippen LogP contribution in [-0.4, -0.2) is 31.1 Å². The molecular weight excluding hydrogens is 332 g/mol. The Bertz CT molecular complexity index is 417. The van der Waals surface area contributed by atoms with Crippen molar-refractivity contribution in [3.8, 4) is 0 Å². The lowest BCUT2D eigenvalue weighted by molar-refractivity contribution is 0.569. The van der Waals surface area contributed by atoms with Crippen LogP contribution in [0.1, 0.15) is 38.3 Å². The summed E-state index contributed by atoms with van der Waals surface area (Å²) in [4.78, 5) is 2.56. The molecule has 0 spiro atoms. The number of hydrogen-bond acceptors (Lipinski definition) is 3. The first-order chi connectivity index (χ1) is 9.72. The van der Waals surface area contributed by atoms with Gasteiger partial charge in [0.15, 0.2) is 0 Å². The summed E-state index contributed by atoms with van der Waals surface area (Å²) >= 11 is 5.71. The SMILES string of the molecule is CCCNC(C)c1ccc(Br)cc1N1CCCSCC1. The molecular formula is C16H25BrN2S. The van der Waals surface area contributed by atoms with Crippen LogP contribution in [0.15, 0.2) is 22.7 Å². The summed E-state index contributed by atoms with van der Waals surface area (Å²) in [5.41, 5.74) is 2.83. The second-order valence-corrected chi connectivity index (χ2v) is 7.47. The van der Waals surface area contributed by atoms with Crippen LogP contribution in [0.4, 0.5) is 5.69 Å². The van der Waals surface area contributed by atoms with Crippen molar-refractivity contribution < 1.29 is 0 Å². The number of nitrogens with zero attached hydrogens (tertiary/aromatic N) is 1. The summed E-state index contributed by atoms with van der Waals surface area (Å²) in [7, 11) is 0. The molecule has 0 saturated carbocycles. The molecule has 0 aromatic heterocycles. The summed E-state index contributed by atoms with van der Waals surface area (Å²) < 4.78 is 1.18. The van der Waals surface area contributed by atoms with Crippen LogP contribution in [-0.2, 0) is 0 Å². The second-order valence-electron chi connectivity index (χ2n) is 5.33. The van der Waals surface area contributed by atoms with E-state index in [1.165, 1.54) is 46.6 Å². The zero-order chi connectivity index (χ0) is 14.4. The van der Waals surface area contributed by atoms with E-state index in [1.807, 2.05) is 0 Å². The Balaban J connectivity index is 2.22. The average molecular weight is 357 g/mol. The van der Waals surface area contributed by atoms with E-state index >= 15 is 0 Å². The van der Waals surface area contributed by atoms with E-state index in [-0.39, 0.29) is 0 Å². The predicted molar refractivity (Wildman–Crippen MR) is 95.0 cm³/mol. The van der Waals surface area contributed by atoms with Gasteiger partial charge in [0.1, 0.15) is 0 Å². The first kappa shape index (κ1) is 16.2. The van der Waals surface area contributed by atoms with Gasteiger partial charge in [0.2, 0.25) is 0 Å². The first-order valence-corrected chi connectivity index (χ1v) is 9.52. The van der Waals surface area contributed by atoms with E-state index in [9.17, 15) is 0 Å². The summed E-state index contributed by atoms with van der Waals surface area (Å²) in [6.07, 6.45) is 2.46. The fraction of sp³-hybridized carbons (Fsp3) is 0.625. The van der Waals surface area contributed by atoms with E-state index < -0.39 is 0 Å². The number of thioether (sulfide) groups is 1. The summed E-state index contributed by atoms with van der Waals surface area (Å²) in [5.74, 6) is 2.53. The van der Waals surface area contributed by atoms with Crippen LogP contribution >= 0.6 is 27.7 Å². The van der Waals surface area contributed by atoms with E-state index in [1.54, 1.807) is 0 Å². The van der Waals surface area contributed by atoms with E-state index in [2.05, 4.69) is 70.0 Å². The van der Waals surface area contributed by atoms with Crippen molar-refractivity contribution in [3.63, 3.8) is 0 Å². The number of anilines is 1. The zero-order valence-electron chi connectivity index (χ0n) is 12.5. The fourth-order valence-corrected chi connectivity index (χ4v) is 3.85. The van der Waals surface area contributed by atoms with Gasteiger partial charge in [0.05, 0.1) is 0 Å². The van der Waals surface area contributed by atoms with Crippen molar-refractivity contribution in [2.75, 3.05) is 36.0 Å². The van der Waals surface area contributed by atoms with Crippen molar-refractivity contribution >= 4 is 33.4 Å². The van der Waals surface area contributed by atoms with Gasteiger partial charge in [-0.1, -0.05) is 28.9 Å². The van der Waals surface area contributed by atoms with Gasteiger partial charge >= 0.3 is 0 Å². The molecule has 1 heterocycles. The van der Waals surface area contributed by atoms with Gasteiger partial charge < -0.3 is 10.2 Å². The van der Waals surface area contributed by atoms with Crippen LogP contribution in [0.3, 0.4) is 0 Å². The Kier molecular flexibility index (Phi) is 6.72. The lowest BCUT2D eigenvalue weighted by atomic mass is 10.0. The topological polar surface area (TPSA) is 15.3 Å². The van der Waals surface area contributed by atoms with Crippen LogP contribution in [0.2, 0.25) is 0 Å². The molecule has 1 N–H and O–H groups in total. The van der Waals surface area contributed by atoms with Crippen molar-refractivity contribution in [3.05, 3.63) is 28.2 Å². The lowest BCUT2D eigenvalue weighted by Gasteiger charge is -2.28. The standard InChI is InChI=1S/C16H25BrN2S/c1-3-7-18-13(2)15-6-5-14(17)12-16(15)19-8-4-10-20-11-9-19/h5-6,12-13,18H,3-4,7-11H2,1-2H3. The molecule has 1 aromatic rings. The van der Waals surface area contributed by atoms with E-state index in [0.29, 0.717) is 6.04 Å². The summed E-state index contributed by atoms with van der Waals surface area (Å²) in [6.45, 7) is 7.90. The highest BCUT2D eigenvalue weighted by Gasteiger charge is 2.17. The molecule has 2 rings (SSSR count). The maximum atomic E-state index is 3.63. The largest absolute Gasteiger partial charge is 0.370 e. The number of halogens is 1. The fourth-order valence-electron chi connectivity index (χ4n) is 2.61. The predicted octanol–water partition coefficient (Wildman–Crippen LogP) is 4.45. The molecule has 1 aromatic carbocycles. The Labute approximate surface area is 135 Å². The molecule has 1 atom stereocenters. The third-order valence-electron chi connectivity index (χ3n) is 3.72. The molecule has 0 amide bonds. The number of hydrogen-bond donors (Lipinski definition) is 1. The van der Waals surface area contributed by atoms with Crippen LogP contribution in [0.25, 0.3) is 0 Å². The monoisotopic (exact) mass is 356 g/mol. The van der Waals surface area contributed by atoms with Crippen LogP contribution in [0.5, 0.6) is 0 Å². The Morgan fingerprint density at radius 1 is 1.35 bits per heavy atom. The smallest absolute Gasteiger partial charge is 0.0426 e. The number of benzene rings is 1. The van der Waals surface area contributed by atoms with Crippen molar-refractivity contribution in [2.24, 2.45) is 0 Å². The highest BCUT2D eigenvalue weighted by molar-refractivity contribution is 9.10. The minimum atomic E-state index is 0.411.